The van der Waals surface area contributed by atoms with E-state index in [0.29, 0.717) is 29.9 Å². The number of hydrogen-bond donors (Lipinski definition) is 2. The Morgan fingerprint density at radius 3 is 2.82 bits per heavy atom. The van der Waals surface area contributed by atoms with Gasteiger partial charge < -0.3 is 15.4 Å². The number of rotatable bonds is 3. The number of hydrogen-bond acceptors (Lipinski definition) is 5. The summed E-state index contributed by atoms with van der Waals surface area (Å²) in [4.78, 5) is 22.7. The molecule has 3 aromatic rings. The van der Waals surface area contributed by atoms with Crippen molar-refractivity contribution in [1.29, 1.82) is 0 Å². The molecule has 33 heavy (non-hydrogen) atoms. The van der Waals surface area contributed by atoms with Gasteiger partial charge in [0.25, 0.3) is 0 Å². The van der Waals surface area contributed by atoms with Gasteiger partial charge in [0.05, 0.1) is 23.3 Å². The first-order valence-corrected chi connectivity index (χ1v) is 10.0. The summed E-state index contributed by atoms with van der Waals surface area (Å²) < 4.78 is 55.8. The fraction of sp³-hybridized carbons (Fsp3) is 0.227. The highest BCUT2D eigenvalue weighted by Crippen LogP contribution is 2.34. The summed E-state index contributed by atoms with van der Waals surface area (Å²) >= 11 is 0. The van der Waals surface area contributed by atoms with Crippen molar-refractivity contribution in [2.75, 3.05) is 22.1 Å². The number of nitrogens with zero attached hydrogens (tertiary/aromatic N) is 3. The molecular weight excluding hydrogens is 442 g/mol. The number of fused-ring (bicyclic) bond motifs is 1. The van der Waals surface area contributed by atoms with E-state index in [1.165, 1.54) is 35.4 Å². The number of amides is 2. The van der Waals surface area contributed by atoms with Crippen LogP contribution < -0.4 is 20.3 Å². The quantitative estimate of drug-likeness (QED) is 0.509. The molecule has 172 valence electrons. The van der Waals surface area contributed by atoms with Gasteiger partial charge in [0.2, 0.25) is 0 Å². The van der Waals surface area contributed by atoms with Gasteiger partial charge >= 0.3 is 12.4 Å². The van der Waals surface area contributed by atoms with Crippen LogP contribution in [0.25, 0.3) is 11.3 Å². The van der Waals surface area contributed by atoms with Gasteiger partial charge in [-0.1, -0.05) is 12.1 Å². The minimum atomic E-state index is -4.82. The first kappa shape index (κ1) is 22.3. The third-order valence-corrected chi connectivity index (χ3v) is 5.02. The summed E-state index contributed by atoms with van der Waals surface area (Å²) in [5.74, 6) is -0.799. The van der Waals surface area contributed by atoms with Crippen LogP contribution in [-0.2, 0) is 0 Å². The largest absolute Gasteiger partial charge is 0.573 e. The molecule has 0 bridgehead atoms. The van der Waals surface area contributed by atoms with Crippen LogP contribution in [0.4, 0.5) is 39.5 Å². The molecule has 2 aromatic heterocycles. The molecule has 1 aromatic carbocycles. The summed E-state index contributed by atoms with van der Waals surface area (Å²) in [7, 11) is 0. The predicted octanol–water partition coefficient (Wildman–Crippen LogP) is 5.42. The Kier molecular flexibility index (Phi) is 6.03. The van der Waals surface area contributed by atoms with Crippen LogP contribution in [0.1, 0.15) is 13.3 Å². The molecule has 1 aliphatic rings. The lowest BCUT2D eigenvalue weighted by Gasteiger charge is -2.27. The standard InChI is InChI=1S/C22H19F4N5O2/c1-13-7-10-28-19-6-5-17(14-3-2-4-15(11-14)33-22(24,25)26)29-20(19)31(13)21(32)30-18-8-9-27-12-16(18)23/h2-6,8-9,11-13,28H,7,10H2,1H3,(H,27,30,32)/t13-/m1/s1. The number of anilines is 3. The van der Waals surface area contributed by atoms with E-state index in [1.54, 1.807) is 18.2 Å². The molecule has 0 saturated heterocycles. The lowest BCUT2D eigenvalue weighted by molar-refractivity contribution is -0.274. The average Bonchev–Trinajstić information content (AvgIpc) is 2.92. The van der Waals surface area contributed by atoms with Gasteiger partial charge in [-0.2, -0.15) is 0 Å². The van der Waals surface area contributed by atoms with E-state index in [9.17, 15) is 22.4 Å². The van der Waals surface area contributed by atoms with Crippen LogP contribution in [0, 0.1) is 5.82 Å². The van der Waals surface area contributed by atoms with Gasteiger partial charge in [0.1, 0.15) is 5.75 Å². The van der Waals surface area contributed by atoms with Gasteiger partial charge in [0.15, 0.2) is 11.6 Å². The second-order valence-electron chi connectivity index (χ2n) is 7.36. The Hall–Kier alpha value is -3.89. The smallest absolute Gasteiger partial charge is 0.406 e. The number of carbonyl (C=O) groups is 1. The molecule has 0 unspecified atom stereocenters. The zero-order valence-corrected chi connectivity index (χ0v) is 17.4. The molecule has 1 aliphatic heterocycles. The topological polar surface area (TPSA) is 79.4 Å². The number of pyridine rings is 2. The van der Waals surface area contributed by atoms with Gasteiger partial charge in [-0.3, -0.25) is 9.88 Å². The maximum absolute atomic E-state index is 14.0. The first-order chi connectivity index (χ1) is 15.7. The maximum atomic E-state index is 14.0. The van der Waals surface area contributed by atoms with E-state index < -0.39 is 18.2 Å². The maximum Gasteiger partial charge on any atom is 0.573 e. The highest BCUT2D eigenvalue weighted by atomic mass is 19.4. The van der Waals surface area contributed by atoms with E-state index in [2.05, 4.69) is 25.3 Å². The molecule has 0 fully saturated rings. The Morgan fingerprint density at radius 2 is 2.06 bits per heavy atom. The molecule has 4 rings (SSSR count). The SMILES string of the molecule is C[C@@H]1CCNc2ccc(-c3cccc(OC(F)(F)F)c3)nc2N1C(=O)Nc1ccncc1F. The van der Waals surface area contributed by atoms with E-state index in [0.717, 1.165) is 6.20 Å². The van der Waals surface area contributed by atoms with Crippen LogP contribution in [0.5, 0.6) is 5.75 Å². The summed E-state index contributed by atoms with van der Waals surface area (Å²) in [6.07, 6.45) is -1.89. The fourth-order valence-electron chi connectivity index (χ4n) is 3.49. The Morgan fingerprint density at radius 1 is 1.24 bits per heavy atom. The minimum Gasteiger partial charge on any atom is -0.406 e. The number of halogens is 4. The second-order valence-corrected chi connectivity index (χ2v) is 7.36. The predicted molar refractivity (Wildman–Crippen MR) is 115 cm³/mol. The highest BCUT2D eigenvalue weighted by molar-refractivity contribution is 6.03. The molecular formula is C22H19F4N5O2. The lowest BCUT2D eigenvalue weighted by Crippen LogP contribution is -2.42. The van der Waals surface area contributed by atoms with E-state index >= 15 is 0 Å². The zero-order chi connectivity index (χ0) is 23.6. The number of alkyl halides is 3. The summed E-state index contributed by atoms with van der Waals surface area (Å²) in [5.41, 5.74) is 1.24. The zero-order valence-electron chi connectivity index (χ0n) is 17.4. The molecule has 0 radical (unpaired) electrons. The summed E-state index contributed by atoms with van der Waals surface area (Å²) in [6, 6.07) is 9.17. The third-order valence-electron chi connectivity index (χ3n) is 5.02. The lowest BCUT2D eigenvalue weighted by atomic mass is 10.1. The normalized spacial score (nSPS) is 15.8. The van der Waals surface area contributed by atoms with Crippen LogP contribution in [0.15, 0.2) is 54.9 Å². The van der Waals surface area contributed by atoms with Crippen LogP contribution in [-0.4, -0.2) is 34.9 Å². The van der Waals surface area contributed by atoms with E-state index in [1.807, 2.05) is 6.92 Å². The van der Waals surface area contributed by atoms with Crippen molar-refractivity contribution < 1.29 is 27.1 Å². The number of urea groups is 1. The molecule has 2 N–H and O–H groups in total. The number of ether oxygens (including phenoxy) is 1. The molecule has 0 saturated carbocycles. The summed E-state index contributed by atoms with van der Waals surface area (Å²) in [5, 5.41) is 5.73. The van der Waals surface area contributed by atoms with Gasteiger partial charge in [-0.25, -0.2) is 14.2 Å². The van der Waals surface area contributed by atoms with Crippen LogP contribution in [0.3, 0.4) is 0 Å². The van der Waals surface area contributed by atoms with E-state index in [4.69, 9.17) is 0 Å². The van der Waals surface area contributed by atoms with Gasteiger partial charge in [0, 0.05) is 24.3 Å². The van der Waals surface area contributed by atoms with Crippen molar-refractivity contribution in [2.24, 2.45) is 0 Å². The van der Waals surface area contributed by atoms with Crippen molar-refractivity contribution in [3.63, 3.8) is 0 Å². The highest BCUT2D eigenvalue weighted by Gasteiger charge is 2.32. The molecule has 0 aliphatic carbocycles. The van der Waals surface area contributed by atoms with Crippen molar-refractivity contribution >= 4 is 23.2 Å². The van der Waals surface area contributed by atoms with Gasteiger partial charge in [-0.15, -0.1) is 13.2 Å². The molecule has 7 nitrogen and oxygen atoms in total. The molecule has 0 spiro atoms. The van der Waals surface area contributed by atoms with Crippen LogP contribution in [0.2, 0.25) is 0 Å². The average molecular weight is 461 g/mol. The van der Waals surface area contributed by atoms with Gasteiger partial charge in [-0.05, 0) is 43.7 Å². The molecule has 2 amide bonds. The minimum absolute atomic E-state index is 0.0332. The van der Waals surface area contributed by atoms with Crippen molar-refractivity contribution in [1.82, 2.24) is 9.97 Å². The second kappa shape index (κ2) is 8.93. The van der Waals surface area contributed by atoms with E-state index in [-0.39, 0.29) is 23.3 Å². The first-order valence-electron chi connectivity index (χ1n) is 10.0. The van der Waals surface area contributed by atoms with Crippen LogP contribution >= 0.6 is 0 Å². The Balaban J connectivity index is 1.70. The monoisotopic (exact) mass is 461 g/mol. The number of aromatic nitrogens is 2. The number of benzene rings is 1. The molecule has 3 heterocycles. The molecule has 11 heteroatoms. The van der Waals surface area contributed by atoms with Crippen molar-refractivity contribution in [3.05, 3.63) is 60.7 Å². The van der Waals surface area contributed by atoms with Crippen molar-refractivity contribution in [2.45, 2.75) is 25.7 Å². The summed E-state index contributed by atoms with van der Waals surface area (Å²) in [6.45, 7) is 2.39. The fourth-order valence-corrected chi connectivity index (χ4v) is 3.49. The Labute approximate surface area is 186 Å². The number of carbonyl (C=O) groups excluding carboxylic acids is 1. The number of nitrogens with one attached hydrogen (secondary N) is 2. The Bertz CT molecular complexity index is 1170. The third kappa shape index (κ3) is 5.13. The van der Waals surface area contributed by atoms with Crippen molar-refractivity contribution in [3.8, 4) is 17.0 Å². The molecule has 1 atom stereocenters.